The SMILES string of the molecule is CCC(C)CCCCCCCCCCCCCCCCC(=O)O[C@H](COC(=O)CCCCCCCCC(C)C)COP(=O)(O)OC[C@H](O)COP(=O)(O)OC[C@@H](COC(=O)CCCCCCCCCCCCCCCCCC(C)C)OC(=O)CCCCCCCCCCCCCCCCCC(C)C. The third-order valence-corrected chi connectivity index (χ3v) is 21.8. The first kappa shape index (κ1) is 101. The zero-order valence-corrected chi connectivity index (χ0v) is 69.7. The summed E-state index contributed by atoms with van der Waals surface area (Å²) in [6.07, 6.45) is 61.2. The molecule has 0 aromatic heterocycles. The lowest BCUT2D eigenvalue weighted by Gasteiger charge is -2.21. The van der Waals surface area contributed by atoms with Crippen LogP contribution in [-0.4, -0.2) is 96.7 Å². The molecule has 0 aliphatic carbocycles. The van der Waals surface area contributed by atoms with Gasteiger partial charge >= 0.3 is 39.5 Å². The molecule has 0 saturated carbocycles. The van der Waals surface area contributed by atoms with E-state index in [-0.39, 0.29) is 25.7 Å². The Morgan fingerprint density at radius 2 is 0.466 bits per heavy atom. The number of ether oxygens (including phenoxy) is 4. The molecular formula is C84H164O17P2. The molecule has 0 radical (unpaired) electrons. The number of phosphoric ester groups is 2. The summed E-state index contributed by atoms with van der Waals surface area (Å²) in [6, 6.07) is 0. The number of aliphatic hydroxyl groups excluding tert-OH is 1. The summed E-state index contributed by atoms with van der Waals surface area (Å²) in [4.78, 5) is 73.1. The predicted molar refractivity (Wildman–Crippen MR) is 423 cm³/mol. The first-order valence-corrected chi connectivity index (χ1v) is 46.2. The van der Waals surface area contributed by atoms with E-state index in [0.717, 1.165) is 114 Å². The smallest absolute Gasteiger partial charge is 0.462 e. The molecule has 6 atom stereocenters. The molecule has 0 aromatic carbocycles. The second-order valence-electron chi connectivity index (χ2n) is 31.9. The van der Waals surface area contributed by atoms with Crippen LogP contribution >= 0.6 is 15.6 Å². The second kappa shape index (κ2) is 72.9. The number of hydrogen-bond donors (Lipinski definition) is 3. The van der Waals surface area contributed by atoms with Crippen molar-refractivity contribution in [1.29, 1.82) is 0 Å². The second-order valence-corrected chi connectivity index (χ2v) is 34.8. The molecule has 0 aliphatic heterocycles. The number of carbonyl (C=O) groups is 4. The Kier molecular flexibility index (Phi) is 71.5. The fourth-order valence-electron chi connectivity index (χ4n) is 12.9. The van der Waals surface area contributed by atoms with Crippen LogP contribution in [0.5, 0.6) is 0 Å². The largest absolute Gasteiger partial charge is 0.472 e. The molecule has 0 bridgehead atoms. The summed E-state index contributed by atoms with van der Waals surface area (Å²) in [5.41, 5.74) is 0. The zero-order chi connectivity index (χ0) is 76.0. The standard InChI is InChI=1S/C84H164O17P2/c1-9-77(8)63-55-47-38-32-26-20-16-17-23-29-35-41-51-59-67-84(89)101-80(71-95-82(87)65-57-49-43-42-46-54-62-76(6)7)73-99-103(92,93)97-69-78(85)68-96-102(90,91)98-72-79(100-83(88)66-58-50-40-34-28-22-15-11-13-19-25-31-37-45-53-61-75(4)5)70-94-81(86)64-56-48-39-33-27-21-14-10-12-18-24-30-36-44-52-60-74(2)3/h74-80,85H,9-73H2,1-8H3,(H,90,91)(H,92,93)/t77?,78-,79-,80-/m1/s1. The zero-order valence-electron chi connectivity index (χ0n) is 68.0. The number of rotatable bonds is 81. The Morgan fingerprint density at radius 1 is 0.272 bits per heavy atom. The quantitative estimate of drug-likeness (QED) is 0.0222. The monoisotopic (exact) mass is 1510 g/mol. The van der Waals surface area contributed by atoms with Crippen LogP contribution < -0.4 is 0 Å². The first-order chi connectivity index (χ1) is 49.6. The Bertz CT molecular complexity index is 2010. The highest BCUT2D eigenvalue weighted by Gasteiger charge is 2.30. The average Bonchev–Trinajstić information content (AvgIpc) is 0.909. The summed E-state index contributed by atoms with van der Waals surface area (Å²) < 4.78 is 68.8. The lowest BCUT2D eigenvalue weighted by molar-refractivity contribution is -0.161. The third-order valence-electron chi connectivity index (χ3n) is 19.9. The summed E-state index contributed by atoms with van der Waals surface area (Å²) in [5, 5.41) is 10.7. The van der Waals surface area contributed by atoms with Gasteiger partial charge in [-0.2, -0.15) is 0 Å². The van der Waals surface area contributed by atoms with Gasteiger partial charge in [-0.1, -0.05) is 383 Å². The van der Waals surface area contributed by atoms with Crippen LogP contribution in [0.3, 0.4) is 0 Å². The summed E-state index contributed by atoms with van der Waals surface area (Å²) >= 11 is 0. The van der Waals surface area contributed by atoms with E-state index in [1.54, 1.807) is 0 Å². The number of aliphatic hydroxyl groups is 1. The van der Waals surface area contributed by atoms with Gasteiger partial charge < -0.3 is 33.8 Å². The van der Waals surface area contributed by atoms with Crippen molar-refractivity contribution >= 4 is 39.5 Å². The normalized spacial score (nSPS) is 14.2. The van der Waals surface area contributed by atoms with Crippen LogP contribution in [0.25, 0.3) is 0 Å². The fourth-order valence-corrected chi connectivity index (χ4v) is 14.5. The van der Waals surface area contributed by atoms with Gasteiger partial charge in [0.05, 0.1) is 26.4 Å². The average molecular weight is 1510 g/mol. The lowest BCUT2D eigenvalue weighted by atomic mass is 9.99. The van der Waals surface area contributed by atoms with Gasteiger partial charge in [0.25, 0.3) is 0 Å². The minimum atomic E-state index is -4.96. The van der Waals surface area contributed by atoms with Gasteiger partial charge in [-0.05, 0) is 49.4 Å². The maximum atomic E-state index is 13.1. The molecule has 0 aromatic rings. The van der Waals surface area contributed by atoms with Gasteiger partial charge in [-0.15, -0.1) is 0 Å². The van der Waals surface area contributed by atoms with Crippen LogP contribution in [0.1, 0.15) is 434 Å². The molecule has 0 amide bonds. The molecule has 0 aliphatic rings. The van der Waals surface area contributed by atoms with Crippen LogP contribution in [0.15, 0.2) is 0 Å². The molecule has 3 unspecified atom stereocenters. The fraction of sp³-hybridized carbons (Fsp3) is 0.952. The van der Waals surface area contributed by atoms with Crippen LogP contribution in [0.2, 0.25) is 0 Å². The third kappa shape index (κ3) is 76.6. The Morgan fingerprint density at radius 3 is 0.689 bits per heavy atom. The molecule has 103 heavy (non-hydrogen) atoms. The van der Waals surface area contributed by atoms with Gasteiger partial charge in [0, 0.05) is 25.7 Å². The van der Waals surface area contributed by atoms with Crippen molar-refractivity contribution < 1.29 is 80.2 Å². The number of esters is 4. The van der Waals surface area contributed by atoms with Gasteiger partial charge in [-0.3, -0.25) is 37.3 Å². The number of phosphoric acid groups is 2. The Labute approximate surface area is 632 Å². The van der Waals surface area contributed by atoms with Crippen molar-refractivity contribution in [3.05, 3.63) is 0 Å². The first-order valence-electron chi connectivity index (χ1n) is 43.2. The van der Waals surface area contributed by atoms with Gasteiger partial charge in [-0.25, -0.2) is 9.13 Å². The van der Waals surface area contributed by atoms with E-state index in [1.165, 1.54) is 231 Å². The van der Waals surface area contributed by atoms with Crippen molar-refractivity contribution in [3.63, 3.8) is 0 Å². The molecule has 17 nitrogen and oxygen atoms in total. The number of unbranched alkanes of at least 4 members (excludes halogenated alkanes) is 46. The van der Waals surface area contributed by atoms with E-state index in [0.29, 0.717) is 31.6 Å². The number of hydrogen-bond acceptors (Lipinski definition) is 15. The topological polar surface area (TPSA) is 237 Å². The summed E-state index contributed by atoms with van der Waals surface area (Å²) in [5.74, 6) is 1.02. The van der Waals surface area contributed by atoms with Crippen LogP contribution in [0.4, 0.5) is 0 Å². The minimum Gasteiger partial charge on any atom is -0.462 e. The minimum absolute atomic E-state index is 0.106. The van der Waals surface area contributed by atoms with Crippen molar-refractivity contribution in [2.45, 2.75) is 453 Å². The Hall–Kier alpha value is -1.94. The highest BCUT2D eigenvalue weighted by molar-refractivity contribution is 7.47. The van der Waals surface area contributed by atoms with E-state index in [9.17, 15) is 43.2 Å². The maximum Gasteiger partial charge on any atom is 0.472 e. The van der Waals surface area contributed by atoms with Crippen molar-refractivity contribution in [3.8, 4) is 0 Å². The van der Waals surface area contributed by atoms with E-state index in [2.05, 4.69) is 55.4 Å². The van der Waals surface area contributed by atoms with Crippen LogP contribution in [0, 0.1) is 23.7 Å². The molecular weight excluding hydrogens is 1340 g/mol. The van der Waals surface area contributed by atoms with Gasteiger partial charge in [0.1, 0.15) is 19.3 Å². The van der Waals surface area contributed by atoms with Crippen molar-refractivity contribution in [1.82, 2.24) is 0 Å². The summed E-state index contributed by atoms with van der Waals surface area (Å²) in [7, 11) is -9.93. The molecule has 3 N–H and O–H groups in total. The van der Waals surface area contributed by atoms with Gasteiger partial charge in [0.15, 0.2) is 12.2 Å². The lowest BCUT2D eigenvalue weighted by Crippen LogP contribution is -2.30. The van der Waals surface area contributed by atoms with E-state index < -0.39 is 97.5 Å². The van der Waals surface area contributed by atoms with Crippen molar-refractivity contribution in [2.75, 3.05) is 39.6 Å². The van der Waals surface area contributed by atoms with E-state index in [4.69, 9.17) is 37.0 Å². The summed E-state index contributed by atoms with van der Waals surface area (Å²) in [6.45, 7) is 14.3. The molecule has 19 heteroatoms. The van der Waals surface area contributed by atoms with Crippen LogP contribution in [-0.2, 0) is 65.4 Å². The Balaban J connectivity index is 5.22. The molecule has 0 spiro atoms. The van der Waals surface area contributed by atoms with Gasteiger partial charge in [0.2, 0.25) is 0 Å². The number of carbonyl (C=O) groups excluding carboxylic acids is 4. The molecule has 0 rings (SSSR count). The van der Waals surface area contributed by atoms with E-state index in [1.807, 2.05) is 0 Å². The predicted octanol–water partition coefficient (Wildman–Crippen LogP) is 25.2. The van der Waals surface area contributed by atoms with E-state index >= 15 is 0 Å². The molecule has 0 heterocycles. The maximum absolute atomic E-state index is 13.1. The highest BCUT2D eigenvalue weighted by Crippen LogP contribution is 2.45. The molecule has 612 valence electrons. The molecule has 0 saturated heterocycles. The highest BCUT2D eigenvalue weighted by atomic mass is 31.2. The van der Waals surface area contributed by atoms with Crippen molar-refractivity contribution in [2.24, 2.45) is 23.7 Å². The molecule has 0 fully saturated rings.